The number of rotatable bonds is 4. The van der Waals surface area contributed by atoms with Crippen molar-refractivity contribution in [2.45, 2.75) is 6.42 Å². The van der Waals surface area contributed by atoms with E-state index in [1.165, 1.54) is 23.5 Å². The highest BCUT2D eigenvalue weighted by atomic mass is 32.1. The fraction of sp³-hybridized carbons (Fsp3) is 0.0556. The molecule has 0 aliphatic carbocycles. The number of halogens is 1. The molecule has 3 aromatic rings. The second-order valence-corrected chi connectivity index (χ2v) is 5.80. The molecular weight excluding hydrogens is 327 g/mol. The van der Waals surface area contributed by atoms with E-state index >= 15 is 0 Å². The van der Waals surface area contributed by atoms with E-state index in [1.807, 2.05) is 6.07 Å². The van der Waals surface area contributed by atoms with Gasteiger partial charge in [0.25, 0.3) is 0 Å². The Kier molecular flexibility index (Phi) is 4.64. The van der Waals surface area contributed by atoms with Gasteiger partial charge in [-0.1, -0.05) is 0 Å². The van der Waals surface area contributed by atoms with E-state index in [2.05, 4.69) is 4.98 Å². The predicted octanol–water partition coefficient (Wildman–Crippen LogP) is 3.97. The Morgan fingerprint density at radius 2 is 1.88 bits per heavy atom. The first kappa shape index (κ1) is 15.8. The second-order valence-electron chi connectivity index (χ2n) is 4.94. The number of nitrogens with zero attached hydrogens (tertiary/aromatic N) is 2. The van der Waals surface area contributed by atoms with Crippen molar-refractivity contribution in [3.8, 4) is 22.4 Å². The molecule has 0 saturated carbocycles. The van der Waals surface area contributed by atoms with Gasteiger partial charge < -0.3 is 4.74 Å². The molecule has 0 amide bonds. The third kappa shape index (κ3) is 3.83. The molecule has 0 spiro atoms. The van der Waals surface area contributed by atoms with Gasteiger partial charge >= 0.3 is 5.97 Å². The van der Waals surface area contributed by atoms with Crippen molar-refractivity contribution in [2.75, 3.05) is 0 Å². The van der Waals surface area contributed by atoms with Gasteiger partial charge in [-0.15, -0.1) is 11.3 Å². The standard InChI is InChI=1S/C18H11FN2O2S/c19-14-5-3-13(4-6-14)18-21-15(11-24-18)9-17(22)23-16-7-1-12(10-20)2-8-16/h1-8,11H,9H2. The Labute approximate surface area is 141 Å². The van der Waals surface area contributed by atoms with Crippen molar-refractivity contribution < 1.29 is 13.9 Å². The maximum absolute atomic E-state index is 12.9. The molecule has 24 heavy (non-hydrogen) atoms. The lowest BCUT2D eigenvalue weighted by Gasteiger charge is -2.02. The zero-order valence-corrected chi connectivity index (χ0v) is 13.2. The van der Waals surface area contributed by atoms with Crippen LogP contribution in [0.4, 0.5) is 4.39 Å². The summed E-state index contributed by atoms with van der Waals surface area (Å²) in [6.45, 7) is 0. The molecule has 0 bridgehead atoms. The number of hydrogen-bond donors (Lipinski definition) is 0. The number of thiazole rings is 1. The first-order valence-electron chi connectivity index (χ1n) is 7.05. The van der Waals surface area contributed by atoms with Crippen LogP contribution in [0.3, 0.4) is 0 Å². The summed E-state index contributed by atoms with van der Waals surface area (Å²) < 4.78 is 18.2. The van der Waals surface area contributed by atoms with Crippen molar-refractivity contribution >= 4 is 17.3 Å². The Bertz CT molecular complexity index is 896. The summed E-state index contributed by atoms with van der Waals surface area (Å²) in [7, 11) is 0. The second kappa shape index (κ2) is 7.02. The summed E-state index contributed by atoms with van der Waals surface area (Å²) in [6, 6.07) is 14.3. The SMILES string of the molecule is N#Cc1ccc(OC(=O)Cc2csc(-c3ccc(F)cc3)n2)cc1. The van der Waals surface area contributed by atoms with E-state index in [9.17, 15) is 9.18 Å². The summed E-state index contributed by atoms with van der Waals surface area (Å²) in [6.07, 6.45) is 0.0394. The van der Waals surface area contributed by atoms with Gasteiger partial charge in [0.05, 0.1) is 23.7 Å². The third-order valence-corrected chi connectivity index (χ3v) is 4.12. The van der Waals surface area contributed by atoms with Gasteiger partial charge in [0.1, 0.15) is 16.6 Å². The first-order valence-corrected chi connectivity index (χ1v) is 7.93. The van der Waals surface area contributed by atoms with E-state index < -0.39 is 5.97 Å². The number of esters is 1. The molecule has 3 rings (SSSR count). The van der Waals surface area contributed by atoms with Crippen molar-refractivity contribution in [1.29, 1.82) is 5.26 Å². The van der Waals surface area contributed by atoms with Gasteiger partial charge in [0.2, 0.25) is 0 Å². The average Bonchev–Trinajstić information content (AvgIpc) is 3.04. The highest BCUT2D eigenvalue weighted by Crippen LogP contribution is 2.24. The maximum Gasteiger partial charge on any atom is 0.317 e. The molecule has 0 radical (unpaired) electrons. The summed E-state index contributed by atoms with van der Waals surface area (Å²) in [4.78, 5) is 16.3. The molecule has 0 N–H and O–H groups in total. The topological polar surface area (TPSA) is 63.0 Å². The number of benzene rings is 2. The molecule has 1 aromatic heterocycles. The zero-order valence-electron chi connectivity index (χ0n) is 12.4. The van der Waals surface area contributed by atoms with Crippen LogP contribution in [0, 0.1) is 17.1 Å². The molecule has 0 aliphatic rings. The number of carbonyl (C=O) groups is 1. The fourth-order valence-corrected chi connectivity index (χ4v) is 2.85. The van der Waals surface area contributed by atoms with Crippen molar-refractivity contribution in [3.63, 3.8) is 0 Å². The van der Waals surface area contributed by atoms with Gasteiger partial charge in [-0.05, 0) is 48.5 Å². The highest BCUT2D eigenvalue weighted by molar-refractivity contribution is 7.13. The largest absolute Gasteiger partial charge is 0.426 e. The number of hydrogen-bond acceptors (Lipinski definition) is 5. The zero-order chi connectivity index (χ0) is 16.9. The van der Waals surface area contributed by atoms with Crippen LogP contribution in [-0.2, 0) is 11.2 Å². The molecule has 2 aromatic carbocycles. The minimum absolute atomic E-state index is 0.0394. The molecule has 0 atom stereocenters. The molecular formula is C18H11FN2O2S. The van der Waals surface area contributed by atoms with Crippen LogP contribution in [0.15, 0.2) is 53.9 Å². The van der Waals surface area contributed by atoms with Crippen molar-refractivity contribution in [3.05, 3.63) is 71.0 Å². The summed E-state index contributed by atoms with van der Waals surface area (Å²) >= 11 is 1.38. The number of aromatic nitrogens is 1. The summed E-state index contributed by atoms with van der Waals surface area (Å²) in [5, 5.41) is 11.2. The van der Waals surface area contributed by atoms with Gasteiger partial charge in [-0.2, -0.15) is 5.26 Å². The minimum Gasteiger partial charge on any atom is -0.426 e. The van der Waals surface area contributed by atoms with E-state index in [-0.39, 0.29) is 12.2 Å². The third-order valence-electron chi connectivity index (χ3n) is 3.18. The van der Waals surface area contributed by atoms with Crippen molar-refractivity contribution in [1.82, 2.24) is 4.98 Å². The first-order chi connectivity index (χ1) is 11.6. The van der Waals surface area contributed by atoms with Crippen LogP contribution in [0.5, 0.6) is 5.75 Å². The van der Waals surface area contributed by atoms with Crippen LogP contribution in [0.2, 0.25) is 0 Å². The normalized spacial score (nSPS) is 10.2. The van der Waals surface area contributed by atoms with E-state index in [0.29, 0.717) is 17.0 Å². The van der Waals surface area contributed by atoms with Crippen molar-refractivity contribution in [2.24, 2.45) is 0 Å². The van der Waals surface area contributed by atoms with Gasteiger partial charge in [0, 0.05) is 10.9 Å². The molecule has 0 aliphatic heterocycles. The molecule has 0 fully saturated rings. The molecule has 1 heterocycles. The van der Waals surface area contributed by atoms with E-state index in [4.69, 9.17) is 10.00 Å². The monoisotopic (exact) mass is 338 g/mol. The molecule has 6 heteroatoms. The Morgan fingerprint density at radius 1 is 1.17 bits per heavy atom. The highest BCUT2D eigenvalue weighted by Gasteiger charge is 2.11. The van der Waals surface area contributed by atoms with E-state index in [0.717, 1.165) is 10.6 Å². The van der Waals surface area contributed by atoms with Gasteiger partial charge in [-0.25, -0.2) is 9.37 Å². The lowest BCUT2D eigenvalue weighted by molar-refractivity contribution is -0.133. The number of carbonyl (C=O) groups excluding carboxylic acids is 1. The minimum atomic E-state index is -0.435. The number of nitriles is 1. The lowest BCUT2D eigenvalue weighted by atomic mass is 10.2. The van der Waals surface area contributed by atoms with Crippen LogP contribution in [0.25, 0.3) is 10.6 Å². The van der Waals surface area contributed by atoms with E-state index in [1.54, 1.807) is 41.8 Å². The van der Waals surface area contributed by atoms with Gasteiger partial charge in [0.15, 0.2) is 0 Å². The molecule has 0 saturated heterocycles. The molecule has 0 unspecified atom stereocenters. The average molecular weight is 338 g/mol. The van der Waals surface area contributed by atoms with Crippen LogP contribution in [0.1, 0.15) is 11.3 Å². The summed E-state index contributed by atoms with van der Waals surface area (Å²) in [5.74, 6) is -0.356. The Balaban J connectivity index is 1.64. The Morgan fingerprint density at radius 3 is 2.54 bits per heavy atom. The van der Waals surface area contributed by atoms with Gasteiger partial charge in [-0.3, -0.25) is 4.79 Å². The lowest BCUT2D eigenvalue weighted by Crippen LogP contribution is -2.11. The smallest absolute Gasteiger partial charge is 0.317 e. The number of ether oxygens (including phenoxy) is 1. The van der Waals surface area contributed by atoms with Crippen LogP contribution >= 0.6 is 11.3 Å². The summed E-state index contributed by atoms with van der Waals surface area (Å²) in [5.41, 5.74) is 1.89. The quantitative estimate of drug-likeness (QED) is 0.533. The molecule has 4 nitrogen and oxygen atoms in total. The Hall–Kier alpha value is -3.04. The molecule has 118 valence electrons. The van der Waals surface area contributed by atoms with Crippen LogP contribution in [-0.4, -0.2) is 11.0 Å². The van der Waals surface area contributed by atoms with Crippen LogP contribution < -0.4 is 4.74 Å². The maximum atomic E-state index is 12.9. The predicted molar refractivity (Wildman–Crippen MR) is 88.0 cm³/mol. The fourth-order valence-electron chi connectivity index (χ4n) is 2.03.